The molecule has 0 radical (unpaired) electrons. The van der Waals surface area contributed by atoms with Crippen LogP contribution in [0.4, 0.5) is 0 Å². The molecule has 0 aromatic carbocycles. The van der Waals surface area contributed by atoms with Gasteiger partial charge < -0.3 is 14.2 Å². The highest BCUT2D eigenvalue weighted by atomic mass is 16.6. The Balaban J connectivity index is 4.43. The van der Waals surface area contributed by atoms with Crippen LogP contribution in [0.2, 0.25) is 0 Å². The summed E-state index contributed by atoms with van der Waals surface area (Å²) in [7, 11) is 0. The van der Waals surface area contributed by atoms with Gasteiger partial charge in [-0.05, 0) is 77.0 Å². The van der Waals surface area contributed by atoms with Crippen LogP contribution in [0.1, 0.15) is 233 Å². The van der Waals surface area contributed by atoms with Gasteiger partial charge in [0, 0.05) is 19.3 Å². The second-order valence-electron chi connectivity index (χ2n) is 16.3. The van der Waals surface area contributed by atoms with E-state index in [4.69, 9.17) is 14.2 Å². The molecular formula is C54H92O6. The number of unbranched alkanes of at least 4 members (excludes halogenated alkanes) is 21. The monoisotopic (exact) mass is 837 g/mol. The summed E-state index contributed by atoms with van der Waals surface area (Å²) in [6.45, 7) is 6.42. The van der Waals surface area contributed by atoms with Gasteiger partial charge in [-0.25, -0.2) is 0 Å². The van der Waals surface area contributed by atoms with Crippen LogP contribution in [-0.2, 0) is 28.6 Å². The van der Waals surface area contributed by atoms with E-state index >= 15 is 0 Å². The highest BCUT2D eigenvalue weighted by molar-refractivity contribution is 5.71. The van der Waals surface area contributed by atoms with Crippen LogP contribution in [0.25, 0.3) is 0 Å². The van der Waals surface area contributed by atoms with Gasteiger partial charge >= 0.3 is 17.9 Å². The molecule has 0 aliphatic heterocycles. The van der Waals surface area contributed by atoms with Crippen LogP contribution in [0.15, 0.2) is 72.9 Å². The Bertz CT molecular complexity index is 1140. The summed E-state index contributed by atoms with van der Waals surface area (Å²) in [4.78, 5) is 37.8. The van der Waals surface area contributed by atoms with E-state index in [2.05, 4.69) is 93.7 Å². The maximum absolute atomic E-state index is 12.8. The fourth-order valence-corrected chi connectivity index (χ4v) is 6.72. The first-order valence-corrected chi connectivity index (χ1v) is 24.9. The molecule has 0 aliphatic rings. The zero-order valence-electron chi connectivity index (χ0n) is 39.2. The van der Waals surface area contributed by atoms with Gasteiger partial charge in [0.05, 0.1) is 0 Å². The average molecular weight is 837 g/mol. The van der Waals surface area contributed by atoms with Crippen LogP contribution >= 0.6 is 0 Å². The van der Waals surface area contributed by atoms with Crippen molar-refractivity contribution in [3.63, 3.8) is 0 Å². The normalized spacial score (nSPS) is 12.7. The van der Waals surface area contributed by atoms with E-state index in [1.54, 1.807) is 0 Å². The fourth-order valence-electron chi connectivity index (χ4n) is 6.72. The minimum atomic E-state index is -0.805. The quantitative estimate of drug-likeness (QED) is 0.0263. The molecule has 0 spiro atoms. The Kier molecular flexibility index (Phi) is 46.0. The molecule has 0 fully saturated rings. The minimum Gasteiger partial charge on any atom is -0.462 e. The molecule has 0 amide bonds. The molecule has 0 N–H and O–H groups in total. The molecule has 0 saturated carbocycles. The summed E-state index contributed by atoms with van der Waals surface area (Å²) in [5, 5.41) is 0. The van der Waals surface area contributed by atoms with E-state index in [9.17, 15) is 14.4 Å². The molecule has 0 aromatic rings. The third kappa shape index (κ3) is 45.9. The van der Waals surface area contributed by atoms with Crippen molar-refractivity contribution >= 4 is 17.9 Å². The van der Waals surface area contributed by atoms with Gasteiger partial charge in [-0.1, -0.05) is 209 Å². The molecule has 0 heterocycles. The number of ether oxygens (including phenoxy) is 3. The van der Waals surface area contributed by atoms with Crippen LogP contribution in [0, 0.1) is 0 Å². The van der Waals surface area contributed by atoms with Gasteiger partial charge in [-0.15, -0.1) is 0 Å². The van der Waals surface area contributed by atoms with Crippen molar-refractivity contribution in [3.8, 4) is 0 Å². The summed E-state index contributed by atoms with van der Waals surface area (Å²) in [6, 6.07) is 0. The van der Waals surface area contributed by atoms with Crippen LogP contribution < -0.4 is 0 Å². The first kappa shape index (κ1) is 56.9. The number of hydrogen-bond donors (Lipinski definition) is 0. The van der Waals surface area contributed by atoms with E-state index in [0.717, 1.165) is 70.6 Å². The third-order valence-electron chi connectivity index (χ3n) is 10.4. The van der Waals surface area contributed by atoms with Crippen molar-refractivity contribution in [2.75, 3.05) is 13.2 Å². The lowest BCUT2D eigenvalue weighted by Gasteiger charge is -2.18. The molecule has 0 bridgehead atoms. The van der Waals surface area contributed by atoms with Crippen LogP contribution in [0.5, 0.6) is 0 Å². The molecule has 1 atom stereocenters. The molecule has 6 heteroatoms. The molecule has 6 nitrogen and oxygen atoms in total. The Morgan fingerprint density at radius 2 is 0.667 bits per heavy atom. The summed E-state index contributed by atoms with van der Waals surface area (Å²) in [6.07, 6.45) is 60.5. The van der Waals surface area contributed by atoms with Gasteiger partial charge in [0.1, 0.15) is 13.2 Å². The largest absolute Gasteiger partial charge is 0.462 e. The first-order valence-electron chi connectivity index (χ1n) is 24.9. The van der Waals surface area contributed by atoms with Gasteiger partial charge in [-0.2, -0.15) is 0 Å². The van der Waals surface area contributed by atoms with E-state index in [-0.39, 0.29) is 37.5 Å². The van der Waals surface area contributed by atoms with Crippen LogP contribution in [0.3, 0.4) is 0 Å². The van der Waals surface area contributed by atoms with Crippen molar-refractivity contribution in [2.45, 2.75) is 239 Å². The van der Waals surface area contributed by atoms with Crippen LogP contribution in [-0.4, -0.2) is 37.2 Å². The molecule has 0 saturated heterocycles. The number of hydrogen-bond acceptors (Lipinski definition) is 6. The number of carbonyl (C=O) groups is 3. The Labute approximate surface area is 370 Å². The van der Waals surface area contributed by atoms with Crippen molar-refractivity contribution < 1.29 is 28.6 Å². The standard InChI is InChI=1S/C54H92O6/c1-4-7-10-13-16-19-21-23-25-27-29-30-32-35-38-41-44-47-53(56)59-50-51(49-58-52(55)46-43-40-37-34-18-15-12-9-6-3)60-54(57)48-45-42-39-36-33-31-28-26-24-22-20-17-14-11-8-5-2/h7,10,16,19,23,25,29-30,34-35,37-38,51H,4-6,8-9,11-15,17-18,20-22,24,26-28,31-33,36,39-50H2,1-3H3/b10-7-,19-16-,25-23-,30-29-,37-34-,38-35-. The topological polar surface area (TPSA) is 78.9 Å². The first-order chi connectivity index (χ1) is 29.5. The van der Waals surface area contributed by atoms with Crippen molar-refractivity contribution in [2.24, 2.45) is 0 Å². The molecular weight excluding hydrogens is 745 g/mol. The second kappa shape index (κ2) is 48.5. The lowest BCUT2D eigenvalue weighted by molar-refractivity contribution is -0.167. The number of allylic oxidation sites excluding steroid dienone is 12. The number of carbonyl (C=O) groups excluding carboxylic acids is 3. The maximum atomic E-state index is 12.8. The molecule has 1 unspecified atom stereocenters. The van der Waals surface area contributed by atoms with Crippen molar-refractivity contribution in [3.05, 3.63) is 72.9 Å². The average Bonchev–Trinajstić information content (AvgIpc) is 3.24. The zero-order valence-corrected chi connectivity index (χ0v) is 39.2. The van der Waals surface area contributed by atoms with Gasteiger partial charge in [0.2, 0.25) is 0 Å². The molecule has 0 aromatic heterocycles. The summed E-state index contributed by atoms with van der Waals surface area (Å²) < 4.78 is 16.7. The Morgan fingerprint density at radius 1 is 0.350 bits per heavy atom. The van der Waals surface area contributed by atoms with Crippen molar-refractivity contribution in [1.82, 2.24) is 0 Å². The fraction of sp³-hybridized carbons (Fsp3) is 0.722. The molecule has 0 rings (SSSR count). The third-order valence-corrected chi connectivity index (χ3v) is 10.4. The zero-order chi connectivity index (χ0) is 43.7. The summed E-state index contributed by atoms with van der Waals surface area (Å²) in [5.74, 6) is -0.998. The molecule has 0 aliphatic carbocycles. The predicted octanol–water partition coefficient (Wildman–Crippen LogP) is 16.3. The smallest absolute Gasteiger partial charge is 0.306 e. The lowest BCUT2D eigenvalue weighted by atomic mass is 10.0. The molecule has 60 heavy (non-hydrogen) atoms. The SMILES string of the molecule is CC/C=C\C/C=C\C/C=C\C/C=C\C/C=C\CCCC(=O)OCC(COC(=O)CCC/C=C\CCCCCC)OC(=O)CCCCCCCCCCCCCCCCCC. The minimum absolute atomic E-state index is 0.107. The highest BCUT2D eigenvalue weighted by Gasteiger charge is 2.19. The van der Waals surface area contributed by atoms with Crippen molar-refractivity contribution in [1.29, 1.82) is 0 Å². The van der Waals surface area contributed by atoms with E-state index in [0.29, 0.717) is 25.7 Å². The summed E-state index contributed by atoms with van der Waals surface area (Å²) >= 11 is 0. The van der Waals surface area contributed by atoms with Gasteiger partial charge in [0.25, 0.3) is 0 Å². The maximum Gasteiger partial charge on any atom is 0.306 e. The number of rotatable bonds is 44. The second-order valence-corrected chi connectivity index (χ2v) is 16.3. The van der Waals surface area contributed by atoms with E-state index < -0.39 is 6.10 Å². The lowest BCUT2D eigenvalue weighted by Crippen LogP contribution is -2.30. The van der Waals surface area contributed by atoms with E-state index in [1.165, 1.54) is 109 Å². The van der Waals surface area contributed by atoms with Gasteiger partial charge in [-0.3, -0.25) is 14.4 Å². The Morgan fingerprint density at radius 3 is 1.08 bits per heavy atom. The Hall–Kier alpha value is -3.15. The molecule has 344 valence electrons. The highest BCUT2D eigenvalue weighted by Crippen LogP contribution is 2.15. The summed E-state index contributed by atoms with van der Waals surface area (Å²) in [5.41, 5.74) is 0. The predicted molar refractivity (Wildman–Crippen MR) is 256 cm³/mol. The van der Waals surface area contributed by atoms with Gasteiger partial charge in [0.15, 0.2) is 6.10 Å². The van der Waals surface area contributed by atoms with E-state index in [1.807, 2.05) is 0 Å². The number of esters is 3.